The molecule has 0 spiro atoms. The van der Waals surface area contributed by atoms with Crippen molar-refractivity contribution >= 4 is 23.6 Å². The number of hydrogen-bond acceptors (Lipinski definition) is 5. The monoisotopic (exact) mass is 313 g/mol. The van der Waals surface area contributed by atoms with Gasteiger partial charge in [-0.05, 0) is 18.6 Å². The maximum Gasteiger partial charge on any atom is 0.338 e. The van der Waals surface area contributed by atoms with Crippen LogP contribution in [0.5, 0.6) is 0 Å². The van der Waals surface area contributed by atoms with E-state index in [9.17, 15) is 24.3 Å². The van der Waals surface area contributed by atoms with Gasteiger partial charge in [-0.15, -0.1) is 0 Å². The molecule has 8 nitrogen and oxygen atoms in total. The zero-order valence-electron chi connectivity index (χ0n) is 11.9. The average Bonchev–Trinajstić information content (AvgIpc) is 2.73. The van der Waals surface area contributed by atoms with Crippen molar-refractivity contribution in [1.82, 2.24) is 9.88 Å². The van der Waals surface area contributed by atoms with Gasteiger partial charge in [0.1, 0.15) is 5.82 Å². The smallest absolute Gasteiger partial charge is 0.338 e. The van der Waals surface area contributed by atoms with Crippen molar-refractivity contribution in [2.75, 3.05) is 5.73 Å². The molecule has 0 aliphatic carbocycles. The Bertz CT molecular complexity index is 958. The number of aryl methyl sites for hydroxylation is 1. The van der Waals surface area contributed by atoms with Crippen LogP contribution >= 0.6 is 0 Å². The molecular formula is C15H11N3O5. The largest absolute Gasteiger partial charge is 0.478 e. The van der Waals surface area contributed by atoms with Gasteiger partial charge in [-0.2, -0.15) is 0 Å². The molecule has 1 aromatic carbocycles. The second-order valence-corrected chi connectivity index (χ2v) is 5.05. The van der Waals surface area contributed by atoms with Crippen LogP contribution < -0.4 is 16.6 Å². The van der Waals surface area contributed by atoms with Gasteiger partial charge in [0, 0.05) is 6.07 Å². The first-order chi connectivity index (χ1) is 10.8. The number of aromatic carboxylic acids is 1. The van der Waals surface area contributed by atoms with Crippen LogP contribution in [0.15, 0.2) is 29.1 Å². The maximum atomic E-state index is 12.3. The summed E-state index contributed by atoms with van der Waals surface area (Å²) >= 11 is 0. The van der Waals surface area contributed by atoms with Gasteiger partial charge in [-0.25, -0.2) is 4.79 Å². The molecule has 4 N–H and O–H groups in total. The Morgan fingerprint density at radius 1 is 1.22 bits per heavy atom. The van der Waals surface area contributed by atoms with Crippen LogP contribution in [0.4, 0.5) is 5.82 Å². The fraction of sp³-hybridized carbons (Fsp3) is 0.0667. The van der Waals surface area contributed by atoms with Crippen LogP contribution in [-0.2, 0) is 0 Å². The molecule has 116 valence electrons. The quantitative estimate of drug-likeness (QED) is 0.684. The molecule has 1 aliphatic rings. The van der Waals surface area contributed by atoms with Crippen LogP contribution in [-0.4, -0.2) is 27.5 Å². The molecule has 1 aliphatic heterocycles. The van der Waals surface area contributed by atoms with Crippen LogP contribution in [0, 0.1) is 6.92 Å². The van der Waals surface area contributed by atoms with E-state index in [-0.39, 0.29) is 28.2 Å². The lowest BCUT2D eigenvalue weighted by molar-refractivity contribution is 0.0695. The van der Waals surface area contributed by atoms with Crippen molar-refractivity contribution in [2.24, 2.45) is 0 Å². The van der Waals surface area contributed by atoms with Crippen LogP contribution in [0.25, 0.3) is 5.69 Å². The number of rotatable bonds is 2. The summed E-state index contributed by atoms with van der Waals surface area (Å²) in [6.45, 7) is 1.58. The first kappa shape index (κ1) is 14.5. The number of anilines is 1. The Kier molecular flexibility index (Phi) is 3.03. The fourth-order valence-electron chi connectivity index (χ4n) is 2.64. The summed E-state index contributed by atoms with van der Waals surface area (Å²) in [6.07, 6.45) is 0. The Balaban J connectivity index is 2.41. The number of carbonyl (C=O) groups is 3. The van der Waals surface area contributed by atoms with Crippen LogP contribution in [0.2, 0.25) is 0 Å². The molecule has 8 heteroatoms. The van der Waals surface area contributed by atoms with Crippen molar-refractivity contribution in [3.63, 3.8) is 0 Å². The summed E-state index contributed by atoms with van der Waals surface area (Å²) < 4.78 is 0.924. The Morgan fingerprint density at radius 3 is 2.57 bits per heavy atom. The molecule has 3 rings (SSSR count). The average molecular weight is 313 g/mol. The second kappa shape index (κ2) is 4.80. The van der Waals surface area contributed by atoms with E-state index in [1.54, 1.807) is 19.1 Å². The third-order valence-electron chi connectivity index (χ3n) is 3.66. The number of nitrogens with two attached hydrogens (primary N) is 1. The number of pyridine rings is 1. The van der Waals surface area contributed by atoms with Gasteiger partial charge >= 0.3 is 5.97 Å². The number of nitrogen functional groups attached to an aromatic ring is 1. The minimum absolute atomic E-state index is 0.0370. The summed E-state index contributed by atoms with van der Waals surface area (Å²) in [5, 5.41) is 11.4. The molecule has 0 atom stereocenters. The zero-order valence-corrected chi connectivity index (χ0v) is 11.9. The number of carboxylic acids is 1. The standard InChI is InChI=1S/C15H11N3O5/c1-6-3-2-4-8(10(6)15(22)23)18-9(19)5-7-11(12(18)16)14(21)17-13(7)20/h2-5H,16H2,1H3,(H,22,23)(H,17,20,21). The number of nitrogens with one attached hydrogen (secondary N) is 1. The highest BCUT2D eigenvalue weighted by Crippen LogP contribution is 2.25. The predicted octanol–water partition coefficient (Wildman–Crippen LogP) is 0.310. The SMILES string of the molecule is Cc1cccc(-n2c(N)c3c(cc2=O)C(=O)NC3=O)c1C(=O)O. The lowest BCUT2D eigenvalue weighted by atomic mass is 10.1. The highest BCUT2D eigenvalue weighted by molar-refractivity contribution is 6.23. The highest BCUT2D eigenvalue weighted by atomic mass is 16.4. The third kappa shape index (κ3) is 2.00. The maximum absolute atomic E-state index is 12.3. The van der Waals surface area contributed by atoms with E-state index in [1.165, 1.54) is 6.07 Å². The topological polar surface area (TPSA) is 131 Å². The van der Waals surface area contributed by atoms with Gasteiger partial charge in [0.05, 0.1) is 22.4 Å². The number of benzene rings is 1. The van der Waals surface area contributed by atoms with E-state index in [2.05, 4.69) is 5.32 Å². The number of hydrogen-bond donors (Lipinski definition) is 3. The minimum atomic E-state index is -1.23. The molecule has 0 unspecified atom stereocenters. The number of amides is 2. The number of nitrogens with zero attached hydrogens (tertiary/aromatic N) is 1. The van der Waals surface area contributed by atoms with E-state index < -0.39 is 23.3 Å². The third-order valence-corrected chi connectivity index (χ3v) is 3.66. The van der Waals surface area contributed by atoms with E-state index >= 15 is 0 Å². The minimum Gasteiger partial charge on any atom is -0.478 e. The van der Waals surface area contributed by atoms with Gasteiger partial charge in [-0.1, -0.05) is 12.1 Å². The summed E-state index contributed by atoms with van der Waals surface area (Å²) in [4.78, 5) is 47.3. The van der Waals surface area contributed by atoms with Crippen LogP contribution in [0.3, 0.4) is 0 Å². The Hall–Kier alpha value is -3.42. The van der Waals surface area contributed by atoms with Gasteiger partial charge in [-0.3, -0.25) is 24.3 Å². The summed E-state index contributed by atoms with van der Waals surface area (Å²) in [7, 11) is 0. The van der Waals surface area contributed by atoms with Gasteiger partial charge < -0.3 is 10.8 Å². The molecule has 0 saturated heterocycles. The Morgan fingerprint density at radius 2 is 1.91 bits per heavy atom. The summed E-state index contributed by atoms with van der Waals surface area (Å²) in [5.74, 6) is -2.93. The number of carboxylic acid groups (broad SMARTS) is 1. The predicted molar refractivity (Wildman–Crippen MR) is 79.9 cm³/mol. The number of aromatic nitrogens is 1. The Labute approximate surface area is 129 Å². The van der Waals surface area contributed by atoms with Crippen LogP contribution in [0.1, 0.15) is 36.6 Å². The van der Waals surface area contributed by atoms with Crippen molar-refractivity contribution in [3.8, 4) is 5.69 Å². The molecule has 2 amide bonds. The first-order valence-corrected chi connectivity index (χ1v) is 6.57. The molecule has 1 aromatic heterocycles. The van der Waals surface area contributed by atoms with Crippen molar-refractivity contribution < 1.29 is 19.5 Å². The number of fused-ring (bicyclic) bond motifs is 1. The molecule has 0 fully saturated rings. The molecule has 2 heterocycles. The van der Waals surface area contributed by atoms with E-state index in [0.717, 1.165) is 10.6 Å². The molecule has 23 heavy (non-hydrogen) atoms. The van der Waals surface area contributed by atoms with E-state index in [4.69, 9.17) is 5.73 Å². The molecule has 0 radical (unpaired) electrons. The molecule has 0 bridgehead atoms. The normalized spacial score (nSPS) is 12.9. The molecule has 0 saturated carbocycles. The zero-order chi connectivity index (χ0) is 16.9. The molecule has 2 aromatic rings. The van der Waals surface area contributed by atoms with Crippen molar-refractivity contribution in [2.45, 2.75) is 6.92 Å². The lowest BCUT2D eigenvalue weighted by Crippen LogP contribution is -2.25. The highest BCUT2D eigenvalue weighted by Gasteiger charge is 2.32. The fourth-order valence-corrected chi connectivity index (χ4v) is 2.64. The second-order valence-electron chi connectivity index (χ2n) is 5.05. The van der Waals surface area contributed by atoms with Gasteiger partial charge in [0.15, 0.2) is 0 Å². The van der Waals surface area contributed by atoms with E-state index in [1.807, 2.05) is 0 Å². The van der Waals surface area contributed by atoms with Crippen molar-refractivity contribution in [1.29, 1.82) is 0 Å². The van der Waals surface area contributed by atoms with Gasteiger partial charge in [0.25, 0.3) is 17.4 Å². The summed E-state index contributed by atoms with van der Waals surface area (Å²) in [5.41, 5.74) is 5.32. The first-order valence-electron chi connectivity index (χ1n) is 6.57. The number of imide groups is 1. The lowest BCUT2D eigenvalue weighted by Gasteiger charge is -2.15. The summed E-state index contributed by atoms with van der Waals surface area (Å²) in [6, 6.07) is 5.54. The van der Waals surface area contributed by atoms with Gasteiger partial charge in [0.2, 0.25) is 0 Å². The molecular weight excluding hydrogens is 302 g/mol. The number of carbonyl (C=O) groups excluding carboxylic acids is 2. The van der Waals surface area contributed by atoms with Crippen molar-refractivity contribution in [3.05, 3.63) is 56.9 Å². The van der Waals surface area contributed by atoms with E-state index in [0.29, 0.717) is 5.56 Å².